The molecule has 0 fully saturated rings. The number of carbonyl (C=O) groups is 3. The Balaban J connectivity index is 1.83. The maximum atomic E-state index is 12.1. The second-order valence-electron chi connectivity index (χ2n) is 5.67. The highest BCUT2D eigenvalue weighted by Crippen LogP contribution is 2.25. The van der Waals surface area contributed by atoms with E-state index in [1.54, 1.807) is 6.08 Å². The molecule has 0 spiro atoms. The second-order valence-corrected chi connectivity index (χ2v) is 5.67. The summed E-state index contributed by atoms with van der Waals surface area (Å²) >= 11 is 0. The summed E-state index contributed by atoms with van der Waals surface area (Å²) in [4.78, 5) is 36.8. The van der Waals surface area contributed by atoms with Crippen molar-refractivity contribution in [2.24, 2.45) is 0 Å². The Morgan fingerprint density at radius 1 is 1.28 bits per heavy atom. The van der Waals surface area contributed by atoms with Crippen LogP contribution < -0.4 is 10.1 Å². The summed E-state index contributed by atoms with van der Waals surface area (Å²) in [6, 6.07) is 7.34. The Hall–Kier alpha value is -2.83. The fourth-order valence-corrected chi connectivity index (χ4v) is 2.19. The smallest absolute Gasteiger partial charge is 0.338 e. The number of para-hydroxylation sites is 1. The number of benzene rings is 1. The van der Waals surface area contributed by atoms with Crippen molar-refractivity contribution >= 4 is 23.9 Å². The van der Waals surface area contributed by atoms with Gasteiger partial charge in [0.05, 0.1) is 12.1 Å². The number of nitrogens with zero attached hydrogens (tertiary/aromatic N) is 1. The summed E-state index contributed by atoms with van der Waals surface area (Å²) in [6.45, 7) is 2.10. The fraction of sp³-hybridized carbons (Fsp3) is 0.389. The van der Waals surface area contributed by atoms with E-state index in [0.717, 1.165) is 12.0 Å². The van der Waals surface area contributed by atoms with Crippen molar-refractivity contribution in [3.63, 3.8) is 0 Å². The molecular weight excluding hydrogens is 324 g/mol. The average Bonchev–Trinajstić information content (AvgIpc) is 2.63. The minimum absolute atomic E-state index is 0.0738. The fourth-order valence-electron chi connectivity index (χ4n) is 2.19. The zero-order valence-corrected chi connectivity index (χ0v) is 14.4. The number of esters is 1. The van der Waals surface area contributed by atoms with Gasteiger partial charge in [0.2, 0.25) is 5.91 Å². The molecule has 1 aromatic carbocycles. The van der Waals surface area contributed by atoms with E-state index in [4.69, 9.17) is 9.47 Å². The van der Waals surface area contributed by atoms with Crippen molar-refractivity contribution < 1.29 is 23.9 Å². The van der Waals surface area contributed by atoms with Crippen LogP contribution in [-0.4, -0.2) is 56.0 Å². The number of amides is 2. The first kappa shape index (κ1) is 18.5. The molecule has 0 radical (unpaired) electrons. The molecule has 1 heterocycles. The van der Waals surface area contributed by atoms with E-state index in [9.17, 15) is 14.4 Å². The number of carbonyl (C=O) groups excluding carboxylic acids is 3. The molecule has 0 aliphatic carbocycles. The lowest BCUT2D eigenvalue weighted by Crippen LogP contribution is -2.40. The molecule has 2 amide bonds. The van der Waals surface area contributed by atoms with Crippen LogP contribution in [-0.2, 0) is 19.1 Å². The van der Waals surface area contributed by atoms with E-state index in [-0.39, 0.29) is 19.1 Å². The number of nitrogens with one attached hydrogen (secondary N) is 1. The average molecular weight is 346 g/mol. The lowest BCUT2D eigenvalue weighted by atomic mass is 10.1. The molecular formula is C18H22N2O5. The van der Waals surface area contributed by atoms with Gasteiger partial charge in [-0.1, -0.05) is 25.1 Å². The zero-order valence-electron chi connectivity index (χ0n) is 14.4. The van der Waals surface area contributed by atoms with Crippen LogP contribution in [0.1, 0.15) is 18.9 Å². The Bertz CT molecular complexity index is 684. The van der Waals surface area contributed by atoms with Gasteiger partial charge < -0.3 is 19.7 Å². The lowest BCUT2D eigenvalue weighted by molar-refractivity contribution is -0.149. The van der Waals surface area contributed by atoms with Crippen LogP contribution in [0.15, 0.2) is 29.8 Å². The third-order valence-corrected chi connectivity index (χ3v) is 3.60. The SMILES string of the molecule is CCCNC(=O)CN(C)C(=O)COC(=O)C1=Cc2ccccc2OC1. The maximum absolute atomic E-state index is 12.1. The van der Waals surface area contributed by atoms with Gasteiger partial charge in [0.1, 0.15) is 12.4 Å². The molecule has 0 atom stereocenters. The van der Waals surface area contributed by atoms with E-state index < -0.39 is 18.5 Å². The highest BCUT2D eigenvalue weighted by Gasteiger charge is 2.20. The largest absolute Gasteiger partial charge is 0.488 e. The quantitative estimate of drug-likeness (QED) is 0.744. The molecule has 7 heteroatoms. The summed E-state index contributed by atoms with van der Waals surface area (Å²) < 4.78 is 10.5. The maximum Gasteiger partial charge on any atom is 0.338 e. The molecule has 1 N–H and O–H groups in total. The molecule has 1 aromatic rings. The molecule has 0 unspecified atom stereocenters. The summed E-state index contributed by atoms with van der Waals surface area (Å²) in [5, 5.41) is 2.68. The number of hydrogen-bond acceptors (Lipinski definition) is 5. The van der Waals surface area contributed by atoms with Crippen molar-refractivity contribution in [3.8, 4) is 5.75 Å². The van der Waals surface area contributed by atoms with Crippen molar-refractivity contribution in [2.45, 2.75) is 13.3 Å². The molecule has 1 aliphatic heterocycles. The number of fused-ring (bicyclic) bond motifs is 1. The summed E-state index contributed by atoms with van der Waals surface area (Å²) in [7, 11) is 1.49. The highest BCUT2D eigenvalue weighted by atomic mass is 16.5. The van der Waals surface area contributed by atoms with E-state index >= 15 is 0 Å². The molecule has 0 saturated carbocycles. The highest BCUT2D eigenvalue weighted by molar-refractivity contribution is 5.96. The van der Waals surface area contributed by atoms with Crippen LogP contribution in [0.4, 0.5) is 0 Å². The van der Waals surface area contributed by atoms with Gasteiger partial charge in [0.15, 0.2) is 6.61 Å². The van der Waals surface area contributed by atoms with Crippen LogP contribution in [0.3, 0.4) is 0 Å². The molecule has 7 nitrogen and oxygen atoms in total. The van der Waals surface area contributed by atoms with Crippen molar-refractivity contribution in [1.82, 2.24) is 10.2 Å². The first-order chi connectivity index (χ1) is 12.0. The van der Waals surface area contributed by atoms with E-state index in [0.29, 0.717) is 17.9 Å². The van der Waals surface area contributed by atoms with Gasteiger partial charge in [-0.05, 0) is 18.6 Å². The summed E-state index contributed by atoms with van der Waals surface area (Å²) in [6.07, 6.45) is 2.51. The monoisotopic (exact) mass is 346 g/mol. The van der Waals surface area contributed by atoms with E-state index in [1.807, 2.05) is 31.2 Å². The van der Waals surface area contributed by atoms with Gasteiger partial charge in [-0.15, -0.1) is 0 Å². The molecule has 2 rings (SSSR count). The van der Waals surface area contributed by atoms with Crippen molar-refractivity contribution in [3.05, 3.63) is 35.4 Å². The molecule has 0 aromatic heterocycles. The number of likely N-dealkylation sites (N-methyl/N-ethyl adjacent to an activating group) is 1. The van der Waals surface area contributed by atoms with Crippen LogP contribution in [0, 0.1) is 0 Å². The van der Waals surface area contributed by atoms with Crippen molar-refractivity contribution in [1.29, 1.82) is 0 Å². The summed E-state index contributed by atoms with van der Waals surface area (Å²) in [5.41, 5.74) is 1.13. The number of hydrogen-bond donors (Lipinski definition) is 1. The van der Waals surface area contributed by atoms with Gasteiger partial charge in [0.25, 0.3) is 5.91 Å². The van der Waals surface area contributed by atoms with Gasteiger partial charge in [-0.3, -0.25) is 9.59 Å². The summed E-state index contributed by atoms with van der Waals surface area (Å²) in [5.74, 6) is -0.596. The predicted molar refractivity (Wildman–Crippen MR) is 91.8 cm³/mol. The van der Waals surface area contributed by atoms with Crippen LogP contribution in [0.2, 0.25) is 0 Å². The molecule has 25 heavy (non-hydrogen) atoms. The number of ether oxygens (including phenoxy) is 2. The first-order valence-electron chi connectivity index (χ1n) is 8.11. The first-order valence-corrected chi connectivity index (χ1v) is 8.11. The Kier molecular flexibility index (Phi) is 6.56. The Morgan fingerprint density at radius 3 is 2.80 bits per heavy atom. The molecule has 0 bridgehead atoms. The molecule has 134 valence electrons. The lowest BCUT2D eigenvalue weighted by Gasteiger charge is -2.18. The normalized spacial score (nSPS) is 12.3. The zero-order chi connectivity index (χ0) is 18.2. The second kappa shape index (κ2) is 8.86. The standard InChI is InChI=1S/C18H22N2O5/c1-3-8-19-16(21)10-20(2)17(22)12-25-18(23)14-9-13-6-4-5-7-15(13)24-11-14/h4-7,9H,3,8,10-12H2,1-2H3,(H,19,21). The van der Waals surface area contributed by atoms with Gasteiger partial charge >= 0.3 is 5.97 Å². The van der Waals surface area contributed by atoms with Crippen LogP contribution in [0.25, 0.3) is 6.08 Å². The third kappa shape index (κ3) is 5.34. The number of rotatable bonds is 7. The molecule has 0 saturated heterocycles. The predicted octanol–water partition coefficient (Wildman–Crippen LogP) is 0.990. The topological polar surface area (TPSA) is 84.9 Å². The van der Waals surface area contributed by atoms with Gasteiger partial charge in [-0.2, -0.15) is 0 Å². The minimum atomic E-state index is -0.605. The van der Waals surface area contributed by atoms with Gasteiger partial charge in [-0.25, -0.2) is 4.79 Å². The van der Waals surface area contributed by atoms with Crippen molar-refractivity contribution in [2.75, 3.05) is 33.4 Å². The minimum Gasteiger partial charge on any atom is -0.488 e. The van der Waals surface area contributed by atoms with Crippen LogP contribution >= 0.6 is 0 Å². The van der Waals surface area contributed by atoms with Gasteiger partial charge in [0, 0.05) is 19.2 Å². The molecule has 1 aliphatic rings. The van der Waals surface area contributed by atoms with E-state index in [2.05, 4.69) is 5.32 Å². The Labute approximate surface area is 146 Å². The third-order valence-electron chi connectivity index (χ3n) is 3.60. The van der Waals surface area contributed by atoms with E-state index in [1.165, 1.54) is 11.9 Å². The van der Waals surface area contributed by atoms with Crippen LogP contribution in [0.5, 0.6) is 5.75 Å². The Morgan fingerprint density at radius 2 is 2.04 bits per heavy atom.